The maximum Gasteiger partial charge on any atom is 0.271 e. The third-order valence-corrected chi connectivity index (χ3v) is 6.88. The number of hydrogen-bond donors (Lipinski definition) is 0. The van der Waals surface area contributed by atoms with Crippen molar-refractivity contribution in [1.82, 2.24) is 9.78 Å². The van der Waals surface area contributed by atoms with Gasteiger partial charge in [0.2, 0.25) is 5.17 Å². The van der Waals surface area contributed by atoms with E-state index in [2.05, 4.69) is 15.3 Å². The van der Waals surface area contributed by atoms with Crippen LogP contribution < -0.4 is 4.90 Å². The molecule has 0 saturated carbocycles. The molecule has 1 aromatic heterocycles. The number of carbonyl (C=O) groups excluding carboxylic acids is 1. The highest BCUT2D eigenvalue weighted by atomic mass is 35.5. The number of amidine groups is 1. The van der Waals surface area contributed by atoms with E-state index in [1.165, 1.54) is 11.8 Å². The lowest BCUT2D eigenvalue weighted by Gasteiger charge is -2.14. The van der Waals surface area contributed by atoms with Crippen LogP contribution in [-0.2, 0) is 4.79 Å². The smallest absolute Gasteiger partial charge is 0.268 e. The predicted molar refractivity (Wildman–Crippen MR) is 149 cm³/mol. The number of amides is 1. The summed E-state index contributed by atoms with van der Waals surface area (Å²) < 4.78 is 1.89. The second-order valence-electron chi connectivity index (χ2n) is 8.10. The Morgan fingerprint density at radius 3 is 2.19 bits per heavy atom. The monoisotopic (exact) mass is 511 g/mol. The summed E-state index contributed by atoms with van der Waals surface area (Å²) in [5.74, 6) is -0.153. The fraction of sp³-hybridized carbons (Fsp3) is 0.0714. The van der Waals surface area contributed by atoms with E-state index in [1.807, 2.05) is 97.4 Å². The first kappa shape index (κ1) is 23.8. The summed E-state index contributed by atoms with van der Waals surface area (Å²) in [5, 5.41) is 14.6. The Balaban J connectivity index is 1.48. The van der Waals surface area contributed by atoms with Crippen molar-refractivity contribution in [3.63, 3.8) is 0 Å². The lowest BCUT2D eigenvalue weighted by atomic mass is 10.2. The third kappa shape index (κ3) is 4.89. The van der Waals surface area contributed by atoms with Gasteiger partial charge in [-0.25, -0.2) is 4.68 Å². The summed E-state index contributed by atoms with van der Waals surface area (Å²) in [7, 11) is 0. The zero-order valence-electron chi connectivity index (χ0n) is 19.7. The van der Waals surface area contributed by atoms with Crippen molar-refractivity contribution in [3.8, 4) is 5.69 Å². The topological polar surface area (TPSA) is 62.9 Å². The van der Waals surface area contributed by atoms with Gasteiger partial charge in [-0.1, -0.05) is 60.1 Å². The highest BCUT2D eigenvalue weighted by molar-refractivity contribution is 8.19. The molecule has 3 aromatic carbocycles. The van der Waals surface area contributed by atoms with E-state index in [9.17, 15) is 4.79 Å². The number of anilines is 1. The van der Waals surface area contributed by atoms with Gasteiger partial charge in [0.05, 0.1) is 33.9 Å². The Morgan fingerprint density at radius 2 is 1.53 bits per heavy atom. The second-order valence-corrected chi connectivity index (χ2v) is 9.54. The Labute approximate surface area is 218 Å². The number of para-hydroxylation sites is 2. The van der Waals surface area contributed by atoms with Crippen LogP contribution in [0.3, 0.4) is 0 Å². The fourth-order valence-corrected chi connectivity index (χ4v) is 4.92. The van der Waals surface area contributed by atoms with Gasteiger partial charge in [0, 0.05) is 10.6 Å². The molecule has 178 valence electrons. The molecule has 0 aliphatic carbocycles. The van der Waals surface area contributed by atoms with Crippen molar-refractivity contribution in [2.75, 3.05) is 4.90 Å². The first-order chi connectivity index (χ1) is 17.5. The van der Waals surface area contributed by atoms with Gasteiger partial charge in [-0.15, -0.1) is 5.10 Å². The molecular formula is C28H22ClN5OS. The van der Waals surface area contributed by atoms with Crippen molar-refractivity contribution < 1.29 is 4.79 Å². The Bertz CT molecular complexity index is 1490. The molecule has 0 spiro atoms. The molecule has 1 aliphatic heterocycles. The van der Waals surface area contributed by atoms with Gasteiger partial charge >= 0.3 is 0 Å². The largest absolute Gasteiger partial charge is 0.271 e. The molecule has 4 aromatic rings. The number of aromatic nitrogens is 2. The second kappa shape index (κ2) is 10.4. The predicted octanol–water partition coefficient (Wildman–Crippen LogP) is 6.65. The van der Waals surface area contributed by atoms with Gasteiger partial charge in [-0.3, -0.25) is 9.69 Å². The molecule has 2 heterocycles. The number of benzene rings is 3. The summed E-state index contributed by atoms with van der Waals surface area (Å²) in [6.07, 6.45) is 3.53. The van der Waals surface area contributed by atoms with Crippen LogP contribution in [0.5, 0.6) is 0 Å². The van der Waals surface area contributed by atoms with E-state index in [0.717, 1.165) is 33.9 Å². The number of aryl methyl sites for hydroxylation is 1. The molecule has 1 saturated heterocycles. The Hall–Kier alpha value is -3.94. The number of carbonyl (C=O) groups is 1. The van der Waals surface area contributed by atoms with E-state index in [1.54, 1.807) is 23.2 Å². The summed E-state index contributed by atoms with van der Waals surface area (Å²) in [6.45, 7) is 3.94. The molecule has 8 heteroatoms. The Morgan fingerprint density at radius 1 is 0.889 bits per heavy atom. The molecule has 5 rings (SSSR count). The van der Waals surface area contributed by atoms with E-state index in [0.29, 0.717) is 15.1 Å². The molecule has 36 heavy (non-hydrogen) atoms. The Kier molecular flexibility index (Phi) is 6.84. The minimum absolute atomic E-state index is 0.153. The van der Waals surface area contributed by atoms with Crippen LogP contribution in [0.15, 0.2) is 100 Å². The van der Waals surface area contributed by atoms with Gasteiger partial charge in [-0.2, -0.15) is 10.2 Å². The van der Waals surface area contributed by atoms with Crippen LogP contribution in [0.25, 0.3) is 11.8 Å². The van der Waals surface area contributed by atoms with E-state index < -0.39 is 0 Å². The summed E-state index contributed by atoms with van der Waals surface area (Å²) in [4.78, 5) is 15.5. The lowest BCUT2D eigenvalue weighted by molar-refractivity contribution is -0.113. The highest BCUT2D eigenvalue weighted by Crippen LogP contribution is 2.36. The standard InChI is InChI=1S/C28H22ClN5OS/c1-19-25(20(2)34(32-19)24-11-7-4-8-12-24)18-30-31-28-33(23-9-5-3-6-10-23)27(35)26(36-28)17-21-13-15-22(29)16-14-21/h3-18H,1-2H3/b26-17-,30-18+,31-28-. The average Bonchev–Trinajstić information content (AvgIpc) is 3.36. The van der Waals surface area contributed by atoms with E-state index in [-0.39, 0.29) is 5.91 Å². The fourth-order valence-electron chi connectivity index (χ4n) is 3.85. The van der Waals surface area contributed by atoms with Crippen molar-refractivity contribution in [3.05, 3.63) is 117 Å². The summed E-state index contributed by atoms with van der Waals surface area (Å²) in [5.41, 5.74) is 5.29. The number of hydrogen-bond acceptors (Lipinski definition) is 5. The maximum atomic E-state index is 13.4. The van der Waals surface area contributed by atoms with E-state index in [4.69, 9.17) is 11.6 Å². The van der Waals surface area contributed by atoms with Gasteiger partial charge in [-0.05, 0) is 73.6 Å². The number of nitrogens with zero attached hydrogens (tertiary/aromatic N) is 5. The minimum atomic E-state index is -0.153. The molecule has 0 bridgehead atoms. The van der Waals surface area contributed by atoms with Crippen molar-refractivity contribution >= 4 is 52.4 Å². The van der Waals surface area contributed by atoms with Crippen LogP contribution in [0.4, 0.5) is 5.69 Å². The molecule has 1 aliphatic rings. The van der Waals surface area contributed by atoms with Crippen molar-refractivity contribution in [1.29, 1.82) is 0 Å². The zero-order chi connectivity index (χ0) is 25.1. The van der Waals surface area contributed by atoms with Gasteiger partial charge < -0.3 is 0 Å². The van der Waals surface area contributed by atoms with Crippen molar-refractivity contribution in [2.45, 2.75) is 13.8 Å². The van der Waals surface area contributed by atoms with Crippen molar-refractivity contribution in [2.24, 2.45) is 10.2 Å². The van der Waals surface area contributed by atoms with Crippen LogP contribution in [0, 0.1) is 13.8 Å². The summed E-state index contributed by atoms with van der Waals surface area (Å²) >= 11 is 7.29. The maximum absolute atomic E-state index is 13.4. The molecule has 0 unspecified atom stereocenters. The highest BCUT2D eigenvalue weighted by Gasteiger charge is 2.34. The number of rotatable bonds is 5. The molecule has 0 N–H and O–H groups in total. The minimum Gasteiger partial charge on any atom is -0.268 e. The van der Waals surface area contributed by atoms with E-state index >= 15 is 0 Å². The third-order valence-electron chi connectivity index (χ3n) is 5.67. The molecule has 1 amide bonds. The SMILES string of the molecule is Cc1nn(-c2ccccc2)c(C)c1/C=N/N=C1\S/C(=C\c2ccc(Cl)cc2)C(=O)N1c1ccccc1. The van der Waals surface area contributed by atoms with Crippen LogP contribution in [-0.4, -0.2) is 27.1 Å². The number of halogens is 1. The van der Waals surface area contributed by atoms with Crippen LogP contribution >= 0.6 is 23.4 Å². The molecular weight excluding hydrogens is 490 g/mol. The summed E-state index contributed by atoms with van der Waals surface area (Å²) in [6, 6.07) is 26.7. The van der Waals surface area contributed by atoms with Gasteiger partial charge in [0.15, 0.2) is 0 Å². The molecule has 6 nitrogen and oxygen atoms in total. The first-order valence-electron chi connectivity index (χ1n) is 11.3. The molecule has 1 fully saturated rings. The molecule has 0 atom stereocenters. The van der Waals surface area contributed by atoms with Gasteiger partial charge in [0.1, 0.15) is 0 Å². The zero-order valence-corrected chi connectivity index (χ0v) is 21.2. The average molecular weight is 512 g/mol. The molecule has 0 radical (unpaired) electrons. The first-order valence-corrected chi connectivity index (χ1v) is 12.5. The quantitative estimate of drug-likeness (QED) is 0.171. The normalized spacial score (nSPS) is 16.1. The van der Waals surface area contributed by atoms with Gasteiger partial charge in [0.25, 0.3) is 5.91 Å². The van der Waals surface area contributed by atoms with Crippen LogP contribution in [0.1, 0.15) is 22.5 Å². The lowest BCUT2D eigenvalue weighted by Crippen LogP contribution is -2.28. The number of thioether (sulfide) groups is 1. The van der Waals surface area contributed by atoms with Crippen LogP contribution in [0.2, 0.25) is 5.02 Å².